The summed E-state index contributed by atoms with van der Waals surface area (Å²) in [6, 6.07) is -1.14. The number of oxime groups is 1. The summed E-state index contributed by atoms with van der Waals surface area (Å²) < 4.78 is 69.7. The number of carboxylic acids is 2. The van der Waals surface area contributed by atoms with E-state index in [1.54, 1.807) is 0 Å². The fraction of sp³-hybridized carbons (Fsp3) is 0.381. The van der Waals surface area contributed by atoms with Crippen LogP contribution in [0.4, 0.5) is 31.5 Å². The molecule has 4 heterocycles. The molecule has 1 aromatic rings. The van der Waals surface area contributed by atoms with Crippen molar-refractivity contribution in [3.8, 4) is 0 Å². The number of amides is 3. The first-order chi connectivity index (χ1) is 19.9. The van der Waals surface area contributed by atoms with Crippen LogP contribution in [-0.4, -0.2) is 108 Å². The van der Waals surface area contributed by atoms with E-state index in [2.05, 4.69) is 15.5 Å². The van der Waals surface area contributed by atoms with Crippen molar-refractivity contribution in [2.75, 3.05) is 24.6 Å². The Kier molecular flexibility index (Phi) is 9.63. The predicted octanol–water partition coefficient (Wildman–Crippen LogP) is 0.996. The Labute approximate surface area is 243 Å². The highest BCUT2D eigenvalue weighted by molar-refractivity contribution is 8.00. The largest absolute Gasteiger partial charge is 0.490 e. The molecule has 22 heteroatoms. The Bertz CT molecular complexity index is 1440. The van der Waals surface area contributed by atoms with E-state index < -0.39 is 71.4 Å². The minimum Gasteiger partial charge on any atom is -0.477 e. The number of carbonyl (C=O) groups is 5. The van der Waals surface area contributed by atoms with Crippen molar-refractivity contribution in [3.63, 3.8) is 0 Å². The van der Waals surface area contributed by atoms with Crippen molar-refractivity contribution in [1.29, 1.82) is 0 Å². The zero-order valence-electron chi connectivity index (χ0n) is 21.0. The van der Waals surface area contributed by atoms with Crippen molar-refractivity contribution in [3.05, 3.63) is 34.0 Å². The number of thioether (sulfide) groups is 1. The van der Waals surface area contributed by atoms with Gasteiger partial charge in [-0.05, 0) is 18.1 Å². The minimum atomic E-state index is -5.08. The quantitative estimate of drug-likeness (QED) is 0.0724. The molecular formula is C21H18F6N6O8S2. The van der Waals surface area contributed by atoms with Gasteiger partial charge >= 0.3 is 24.3 Å². The summed E-state index contributed by atoms with van der Waals surface area (Å²) >= 11 is 2.09. The molecule has 3 amide bonds. The number of fused-ring (bicyclic) bond motifs is 1. The second kappa shape index (κ2) is 12.5. The first-order valence-corrected chi connectivity index (χ1v) is 13.3. The van der Waals surface area contributed by atoms with Gasteiger partial charge in [0.2, 0.25) is 5.91 Å². The molecule has 0 aliphatic carbocycles. The number of carbonyl (C=O) groups excluding carboxylic acids is 3. The van der Waals surface area contributed by atoms with Crippen LogP contribution in [0.1, 0.15) is 12.1 Å². The van der Waals surface area contributed by atoms with Crippen LogP contribution >= 0.6 is 23.1 Å². The van der Waals surface area contributed by atoms with Gasteiger partial charge in [-0.1, -0.05) is 5.16 Å². The van der Waals surface area contributed by atoms with E-state index in [9.17, 15) is 55.8 Å². The average molecular weight is 661 g/mol. The van der Waals surface area contributed by atoms with Gasteiger partial charge in [-0.3, -0.25) is 19.3 Å². The summed E-state index contributed by atoms with van der Waals surface area (Å²) in [5, 5.41) is 32.1. The number of aromatic nitrogens is 1. The molecule has 0 bridgehead atoms. The Hall–Kier alpha value is -4.34. The average Bonchev–Trinajstić information content (AvgIpc) is 3.46. The number of nitrogens with zero attached hydrogens (tertiary/aromatic N) is 4. The number of anilines is 1. The number of halogens is 6. The van der Waals surface area contributed by atoms with Crippen LogP contribution in [0.25, 0.3) is 0 Å². The van der Waals surface area contributed by atoms with Crippen LogP contribution in [0.15, 0.2) is 33.5 Å². The van der Waals surface area contributed by atoms with E-state index in [-0.39, 0.29) is 40.7 Å². The number of β-lactam (4-membered cyclic amide) rings is 1. The SMILES string of the molecule is Nc1nc(/C(=N\O)C(=O)N[C@@H]2C(=O)N3C(C(=O)O)=C(/C=C4\CCN(CC(F)(F)F)C4=O)CS[C@H]23)cs1.O=C(O)C(F)(F)F. The maximum absolute atomic E-state index is 12.8. The molecule has 0 aromatic carbocycles. The Morgan fingerprint density at radius 2 is 1.81 bits per heavy atom. The number of carboxylic acid groups (broad SMARTS) is 2. The van der Waals surface area contributed by atoms with Crippen molar-refractivity contribution >= 4 is 63.6 Å². The number of aliphatic carboxylic acids is 2. The maximum Gasteiger partial charge on any atom is 0.490 e. The number of nitrogen functional groups attached to an aromatic ring is 1. The second-order valence-corrected chi connectivity index (χ2v) is 10.6. The number of allylic oxidation sites excluding steroid dienone is 1. The molecule has 14 nitrogen and oxygen atoms in total. The smallest absolute Gasteiger partial charge is 0.477 e. The lowest BCUT2D eigenvalue weighted by Gasteiger charge is -2.49. The summed E-state index contributed by atoms with van der Waals surface area (Å²) in [5.41, 5.74) is 4.69. The normalized spacial score (nSPS) is 21.7. The Balaban J connectivity index is 0.000000646. The van der Waals surface area contributed by atoms with Crippen LogP contribution in [-0.2, 0) is 24.0 Å². The monoisotopic (exact) mass is 660 g/mol. The molecule has 3 aliphatic rings. The predicted molar refractivity (Wildman–Crippen MR) is 134 cm³/mol. The standard InChI is InChI=1S/C19H17F3N6O6S2.C2HF3O2/c20-19(21,22)6-27-2-1-7(14(27)30)3-8-4-35-16-11(15(31)28(16)12(8)17(32)33)25-13(29)10(26-34)9-5-36-18(23)24-9;3-2(4,5)1(6)7/h3,5,11,16,34H,1-2,4,6H2,(H2,23,24)(H,25,29)(H,32,33);(H,6,7)/b7-3+,26-10+;/t11-,16-;/m1./s1. The minimum absolute atomic E-state index is 0.00353. The van der Waals surface area contributed by atoms with Crippen LogP contribution < -0.4 is 11.1 Å². The number of hydrogen-bond donors (Lipinski definition) is 5. The lowest BCUT2D eigenvalue weighted by Crippen LogP contribution is -2.71. The number of alkyl halides is 6. The number of rotatable bonds is 6. The first kappa shape index (κ1) is 33.2. The number of thiazole rings is 1. The van der Waals surface area contributed by atoms with Crippen molar-refractivity contribution < 1.29 is 65.7 Å². The summed E-state index contributed by atoms with van der Waals surface area (Å²) in [5.74, 6) is -6.76. The second-order valence-electron chi connectivity index (χ2n) is 8.62. The van der Waals surface area contributed by atoms with Gasteiger partial charge in [0.1, 0.15) is 29.4 Å². The number of nitrogens with one attached hydrogen (secondary N) is 1. The maximum atomic E-state index is 12.8. The van der Waals surface area contributed by atoms with Gasteiger partial charge in [0.15, 0.2) is 10.8 Å². The highest BCUT2D eigenvalue weighted by Gasteiger charge is 2.54. The Morgan fingerprint density at radius 3 is 2.30 bits per heavy atom. The molecule has 0 spiro atoms. The van der Waals surface area contributed by atoms with Gasteiger partial charge < -0.3 is 31.4 Å². The zero-order valence-corrected chi connectivity index (χ0v) is 22.6. The van der Waals surface area contributed by atoms with E-state index in [4.69, 9.17) is 15.6 Å². The van der Waals surface area contributed by atoms with Crippen molar-refractivity contribution in [2.24, 2.45) is 5.16 Å². The molecule has 6 N–H and O–H groups in total. The van der Waals surface area contributed by atoms with E-state index in [1.807, 2.05) is 0 Å². The third-order valence-electron chi connectivity index (χ3n) is 5.74. The third kappa shape index (κ3) is 7.55. The van der Waals surface area contributed by atoms with Crippen LogP contribution in [0.5, 0.6) is 0 Å². The highest BCUT2D eigenvalue weighted by Crippen LogP contribution is 2.41. The van der Waals surface area contributed by atoms with Gasteiger partial charge in [0.05, 0.1) is 0 Å². The van der Waals surface area contributed by atoms with Crippen LogP contribution in [0, 0.1) is 0 Å². The lowest BCUT2D eigenvalue weighted by molar-refractivity contribution is -0.192. The molecule has 0 saturated carbocycles. The highest BCUT2D eigenvalue weighted by atomic mass is 32.2. The third-order valence-corrected chi connectivity index (χ3v) is 7.72. The van der Waals surface area contributed by atoms with E-state index >= 15 is 0 Å². The molecule has 0 unspecified atom stereocenters. The van der Waals surface area contributed by atoms with E-state index in [0.29, 0.717) is 4.90 Å². The molecular weight excluding hydrogens is 642 g/mol. The molecule has 43 heavy (non-hydrogen) atoms. The number of hydrogen-bond acceptors (Lipinski definition) is 11. The summed E-state index contributed by atoms with van der Waals surface area (Å²) in [6.45, 7) is -1.57. The van der Waals surface area contributed by atoms with Crippen LogP contribution in [0.2, 0.25) is 0 Å². The molecule has 2 atom stereocenters. The zero-order chi connectivity index (χ0) is 32.4. The van der Waals surface area contributed by atoms with Gasteiger partial charge in [0, 0.05) is 23.3 Å². The summed E-state index contributed by atoms with van der Waals surface area (Å²) in [4.78, 5) is 64.0. The van der Waals surface area contributed by atoms with Crippen LogP contribution in [0.3, 0.4) is 0 Å². The van der Waals surface area contributed by atoms with Gasteiger partial charge in [-0.25, -0.2) is 14.6 Å². The fourth-order valence-electron chi connectivity index (χ4n) is 3.95. The molecule has 1 aromatic heterocycles. The molecule has 234 valence electrons. The molecule has 4 rings (SSSR count). The Morgan fingerprint density at radius 1 is 1.19 bits per heavy atom. The molecule has 2 saturated heterocycles. The molecule has 2 fully saturated rings. The molecule has 3 aliphatic heterocycles. The number of likely N-dealkylation sites (tertiary alicyclic amines) is 1. The lowest BCUT2D eigenvalue weighted by atomic mass is 10.0. The van der Waals surface area contributed by atoms with Crippen molar-refractivity contribution in [1.82, 2.24) is 20.1 Å². The summed E-state index contributed by atoms with van der Waals surface area (Å²) in [7, 11) is 0. The first-order valence-electron chi connectivity index (χ1n) is 11.4. The van der Waals surface area contributed by atoms with E-state index in [0.717, 1.165) is 28.0 Å². The van der Waals surface area contributed by atoms with Crippen molar-refractivity contribution in [2.45, 2.75) is 30.2 Å². The topological polar surface area (TPSA) is 216 Å². The van der Waals surface area contributed by atoms with Gasteiger partial charge in [0.25, 0.3) is 11.8 Å². The summed E-state index contributed by atoms with van der Waals surface area (Å²) in [6.07, 6.45) is -8.44. The number of nitrogens with two attached hydrogens (primary N) is 1. The van der Waals surface area contributed by atoms with Gasteiger partial charge in [-0.2, -0.15) is 26.3 Å². The fourth-order valence-corrected chi connectivity index (χ4v) is 5.80. The molecule has 0 radical (unpaired) electrons. The van der Waals surface area contributed by atoms with E-state index in [1.165, 1.54) is 11.5 Å². The van der Waals surface area contributed by atoms with Gasteiger partial charge in [-0.15, -0.1) is 23.1 Å².